The fraction of sp³-hybridized carbons (Fsp3) is 0.519. The molecule has 0 radical (unpaired) electrons. The molecule has 2 aromatic rings. The summed E-state index contributed by atoms with van der Waals surface area (Å²) in [5.41, 5.74) is 4.99. The number of ether oxygens (including phenoxy) is 2. The van der Waals surface area contributed by atoms with Crippen LogP contribution in [0.5, 0.6) is 0 Å². The molecule has 2 bridgehead atoms. The predicted octanol–water partition coefficient (Wildman–Crippen LogP) is 3.56. The van der Waals surface area contributed by atoms with Gasteiger partial charge in [0.25, 0.3) is 0 Å². The van der Waals surface area contributed by atoms with E-state index in [-0.39, 0.29) is 5.97 Å². The molecule has 0 amide bonds. The van der Waals surface area contributed by atoms with Gasteiger partial charge in [0, 0.05) is 38.8 Å². The molecule has 32 heavy (non-hydrogen) atoms. The van der Waals surface area contributed by atoms with Crippen molar-refractivity contribution in [1.29, 1.82) is 0 Å². The first-order valence-corrected chi connectivity index (χ1v) is 12.1. The number of esters is 1. The van der Waals surface area contributed by atoms with Gasteiger partial charge in [-0.15, -0.1) is 0 Å². The van der Waals surface area contributed by atoms with Crippen LogP contribution in [0.25, 0.3) is 0 Å². The number of fused-ring (bicyclic) bond motifs is 2. The lowest BCUT2D eigenvalue weighted by molar-refractivity contribution is 0.0195. The van der Waals surface area contributed by atoms with Gasteiger partial charge in [-0.25, -0.2) is 4.79 Å². The molecule has 2 aromatic carbocycles. The minimum Gasteiger partial charge on any atom is -0.461 e. The number of nitrogens with zero attached hydrogens (tertiary/aromatic N) is 2. The van der Waals surface area contributed by atoms with Gasteiger partial charge >= 0.3 is 5.97 Å². The van der Waals surface area contributed by atoms with Crippen molar-refractivity contribution in [2.24, 2.45) is 5.92 Å². The smallest absolute Gasteiger partial charge is 0.338 e. The van der Waals surface area contributed by atoms with Crippen LogP contribution in [0.4, 0.5) is 0 Å². The van der Waals surface area contributed by atoms with E-state index < -0.39 is 0 Å². The Bertz CT molecular complexity index is 907. The number of morpholine rings is 1. The Morgan fingerprint density at radius 3 is 2.50 bits per heavy atom. The SMILES string of the molecule is O=C(OCCN1CCOCC1)c1ccc(CN2CC3CCC2Cc2ccccc2C3)cc1. The van der Waals surface area contributed by atoms with E-state index in [4.69, 9.17) is 9.47 Å². The van der Waals surface area contributed by atoms with E-state index in [1.807, 2.05) is 12.1 Å². The van der Waals surface area contributed by atoms with Crippen molar-refractivity contribution < 1.29 is 14.3 Å². The first-order chi connectivity index (χ1) is 15.7. The van der Waals surface area contributed by atoms with Crippen LogP contribution >= 0.6 is 0 Å². The molecule has 0 saturated carbocycles. The Balaban J connectivity index is 1.15. The summed E-state index contributed by atoms with van der Waals surface area (Å²) in [7, 11) is 0. The topological polar surface area (TPSA) is 42.0 Å². The molecule has 0 spiro atoms. The number of rotatable bonds is 6. The summed E-state index contributed by atoms with van der Waals surface area (Å²) >= 11 is 0. The normalized spacial score (nSPS) is 23.9. The number of hydrogen-bond acceptors (Lipinski definition) is 5. The Labute approximate surface area is 191 Å². The van der Waals surface area contributed by atoms with Gasteiger partial charge in [0.15, 0.2) is 0 Å². The molecule has 2 atom stereocenters. The first kappa shape index (κ1) is 21.6. The molecule has 2 fully saturated rings. The third-order valence-electron chi connectivity index (χ3n) is 7.32. The first-order valence-electron chi connectivity index (χ1n) is 12.1. The van der Waals surface area contributed by atoms with Crippen molar-refractivity contribution in [1.82, 2.24) is 9.80 Å². The highest BCUT2D eigenvalue weighted by atomic mass is 16.5. The molecule has 3 heterocycles. The zero-order valence-electron chi connectivity index (χ0n) is 18.9. The van der Waals surface area contributed by atoms with Crippen molar-refractivity contribution >= 4 is 5.97 Å². The third kappa shape index (κ3) is 5.22. The summed E-state index contributed by atoms with van der Waals surface area (Å²) < 4.78 is 10.8. The van der Waals surface area contributed by atoms with Crippen molar-refractivity contribution in [3.63, 3.8) is 0 Å². The minimum atomic E-state index is -0.230. The highest BCUT2D eigenvalue weighted by molar-refractivity contribution is 5.89. The molecular weight excluding hydrogens is 400 g/mol. The standard InChI is InChI=1S/C27H34N2O3/c30-27(32-16-13-28-11-14-31-15-12-28)23-8-5-21(6-9-23)19-29-20-22-7-10-26(29)18-25-4-2-1-3-24(25)17-22/h1-6,8-9,22,26H,7,10-20H2. The third-order valence-corrected chi connectivity index (χ3v) is 7.32. The number of hydrogen-bond donors (Lipinski definition) is 0. The zero-order valence-corrected chi connectivity index (χ0v) is 18.9. The number of carbonyl (C=O) groups excluding carboxylic acids is 1. The fourth-order valence-electron chi connectivity index (χ4n) is 5.45. The Kier molecular flexibility index (Phi) is 6.86. The molecule has 4 aliphatic rings. The van der Waals surface area contributed by atoms with Crippen molar-refractivity contribution in [2.75, 3.05) is 46.0 Å². The summed E-state index contributed by atoms with van der Waals surface area (Å²) in [4.78, 5) is 17.4. The molecule has 6 rings (SSSR count). The van der Waals surface area contributed by atoms with Gasteiger partial charge in [0.1, 0.15) is 6.61 Å². The maximum absolute atomic E-state index is 12.4. The van der Waals surface area contributed by atoms with E-state index in [2.05, 4.69) is 46.2 Å². The van der Waals surface area contributed by atoms with E-state index in [1.165, 1.54) is 36.9 Å². The number of carbonyl (C=O) groups is 1. The average Bonchev–Trinajstić information content (AvgIpc) is 2.81. The molecule has 0 N–H and O–H groups in total. The second-order valence-corrected chi connectivity index (χ2v) is 9.49. The second-order valence-electron chi connectivity index (χ2n) is 9.49. The number of benzene rings is 2. The summed E-state index contributed by atoms with van der Waals surface area (Å²) in [5.74, 6) is 0.514. The Morgan fingerprint density at radius 1 is 0.969 bits per heavy atom. The van der Waals surface area contributed by atoms with E-state index in [9.17, 15) is 4.79 Å². The quantitative estimate of drug-likeness (QED) is 0.651. The number of piperidine rings is 1. The van der Waals surface area contributed by atoms with Gasteiger partial charge in [-0.3, -0.25) is 9.80 Å². The molecule has 2 saturated heterocycles. The molecule has 170 valence electrons. The van der Waals surface area contributed by atoms with Gasteiger partial charge in [-0.1, -0.05) is 36.4 Å². The maximum Gasteiger partial charge on any atom is 0.338 e. The molecular formula is C27H34N2O3. The van der Waals surface area contributed by atoms with E-state index >= 15 is 0 Å². The van der Waals surface area contributed by atoms with Crippen LogP contribution in [0.1, 0.15) is 39.9 Å². The van der Waals surface area contributed by atoms with Crippen LogP contribution in [0, 0.1) is 5.92 Å². The Hall–Kier alpha value is -2.21. The van der Waals surface area contributed by atoms with Gasteiger partial charge in [0.2, 0.25) is 0 Å². The average molecular weight is 435 g/mol. The van der Waals surface area contributed by atoms with Crippen molar-refractivity contribution in [3.8, 4) is 0 Å². The zero-order chi connectivity index (χ0) is 21.8. The minimum absolute atomic E-state index is 0.230. The van der Waals surface area contributed by atoms with Crippen LogP contribution < -0.4 is 0 Å². The van der Waals surface area contributed by atoms with Crippen molar-refractivity contribution in [3.05, 3.63) is 70.8 Å². The van der Waals surface area contributed by atoms with Crippen LogP contribution in [0.3, 0.4) is 0 Å². The molecule has 3 aliphatic heterocycles. The fourth-order valence-corrected chi connectivity index (χ4v) is 5.45. The lowest BCUT2D eigenvalue weighted by Gasteiger charge is -2.42. The van der Waals surface area contributed by atoms with Gasteiger partial charge in [0.05, 0.1) is 18.8 Å². The van der Waals surface area contributed by atoms with Crippen LogP contribution in [0.15, 0.2) is 48.5 Å². The molecule has 5 heteroatoms. The molecule has 5 nitrogen and oxygen atoms in total. The summed E-state index contributed by atoms with van der Waals surface area (Å²) in [5, 5.41) is 0. The largest absolute Gasteiger partial charge is 0.461 e. The van der Waals surface area contributed by atoms with Crippen LogP contribution in [-0.4, -0.2) is 67.8 Å². The summed E-state index contributed by atoms with van der Waals surface area (Å²) in [6.45, 7) is 6.68. The molecule has 2 unspecified atom stereocenters. The highest BCUT2D eigenvalue weighted by Gasteiger charge is 2.31. The van der Waals surface area contributed by atoms with Gasteiger partial charge < -0.3 is 9.47 Å². The monoisotopic (exact) mass is 434 g/mol. The lowest BCUT2D eigenvalue weighted by Crippen LogP contribution is -2.46. The highest BCUT2D eigenvalue weighted by Crippen LogP contribution is 2.33. The lowest BCUT2D eigenvalue weighted by atomic mass is 9.80. The summed E-state index contributed by atoms with van der Waals surface area (Å²) in [6, 6.07) is 17.6. The Morgan fingerprint density at radius 2 is 1.72 bits per heavy atom. The molecule has 0 aromatic heterocycles. The van der Waals surface area contributed by atoms with Crippen LogP contribution in [0.2, 0.25) is 0 Å². The summed E-state index contributed by atoms with van der Waals surface area (Å²) in [6.07, 6.45) is 4.97. The van der Waals surface area contributed by atoms with Crippen molar-refractivity contribution in [2.45, 2.75) is 38.3 Å². The van der Waals surface area contributed by atoms with Crippen LogP contribution in [-0.2, 0) is 28.9 Å². The van der Waals surface area contributed by atoms with E-state index in [1.54, 1.807) is 5.56 Å². The van der Waals surface area contributed by atoms with E-state index in [0.29, 0.717) is 18.2 Å². The molecule has 1 aliphatic carbocycles. The van der Waals surface area contributed by atoms with Gasteiger partial charge in [-0.05, 0) is 60.4 Å². The maximum atomic E-state index is 12.4. The van der Waals surface area contributed by atoms with E-state index in [0.717, 1.165) is 51.7 Å². The van der Waals surface area contributed by atoms with Gasteiger partial charge in [-0.2, -0.15) is 0 Å². The second kappa shape index (κ2) is 10.2. The predicted molar refractivity (Wildman–Crippen MR) is 125 cm³/mol.